The monoisotopic (exact) mass is 291 g/mol. The van der Waals surface area contributed by atoms with Gasteiger partial charge < -0.3 is 15.1 Å². The van der Waals surface area contributed by atoms with Crippen LogP contribution in [0.1, 0.15) is 24.8 Å². The number of carboxylic acid groups (broad SMARTS) is 2. The van der Waals surface area contributed by atoms with Crippen LogP contribution in [-0.2, 0) is 20.9 Å². The summed E-state index contributed by atoms with van der Waals surface area (Å²) in [5, 5.41) is 17.9. The smallest absolute Gasteiger partial charge is 0.317 e. The average Bonchev–Trinajstić information content (AvgIpc) is 2.78. The number of nitrogens with zero attached hydrogens (tertiary/aromatic N) is 1. The molecule has 1 heterocycles. The zero-order valence-electron chi connectivity index (χ0n) is 11.4. The van der Waals surface area contributed by atoms with E-state index in [1.54, 1.807) is 4.90 Å². The van der Waals surface area contributed by atoms with Gasteiger partial charge in [0.1, 0.15) is 0 Å². The maximum absolute atomic E-state index is 11.9. The van der Waals surface area contributed by atoms with Gasteiger partial charge in [0, 0.05) is 19.0 Å². The van der Waals surface area contributed by atoms with E-state index < -0.39 is 17.9 Å². The quantitative estimate of drug-likeness (QED) is 0.771. The number of carbonyl (C=O) groups is 3. The number of carbonyl (C=O) groups excluding carboxylic acids is 1. The molecule has 0 radical (unpaired) electrons. The minimum Gasteiger partial charge on any atom is -0.481 e. The van der Waals surface area contributed by atoms with E-state index in [1.165, 1.54) is 0 Å². The van der Waals surface area contributed by atoms with Crippen molar-refractivity contribution in [2.45, 2.75) is 31.8 Å². The number of benzene rings is 1. The summed E-state index contributed by atoms with van der Waals surface area (Å²) in [5.74, 6) is -4.25. The van der Waals surface area contributed by atoms with Crippen LogP contribution >= 0.6 is 0 Å². The highest BCUT2D eigenvalue weighted by Crippen LogP contribution is 2.26. The fourth-order valence-electron chi connectivity index (χ4n) is 2.61. The highest BCUT2D eigenvalue weighted by atomic mass is 16.4. The first-order chi connectivity index (χ1) is 9.99. The number of likely N-dealkylation sites (tertiary alicyclic amines) is 1. The summed E-state index contributed by atoms with van der Waals surface area (Å²) in [5.41, 5.74) is 0.944. The minimum absolute atomic E-state index is 0.0523. The topological polar surface area (TPSA) is 94.9 Å². The Morgan fingerprint density at radius 3 is 2.38 bits per heavy atom. The van der Waals surface area contributed by atoms with E-state index in [2.05, 4.69) is 0 Å². The Morgan fingerprint density at radius 1 is 1.19 bits per heavy atom. The lowest BCUT2D eigenvalue weighted by Gasteiger charge is -2.26. The average molecular weight is 291 g/mol. The SMILES string of the molecule is O=C(O)C(C[C@@H]1CCC(=O)N1Cc1ccccc1)C(=O)O. The third kappa shape index (κ3) is 3.59. The molecule has 6 heteroatoms. The number of rotatable bonds is 6. The van der Waals surface area contributed by atoms with E-state index in [4.69, 9.17) is 10.2 Å². The molecule has 1 atom stereocenters. The van der Waals surface area contributed by atoms with E-state index in [9.17, 15) is 14.4 Å². The lowest BCUT2D eigenvalue weighted by atomic mass is 9.98. The van der Waals surface area contributed by atoms with Gasteiger partial charge in [0.05, 0.1) is 0 Å². The molecule has 1 aliphatic rings. The van der Waals surface area contributed by atoms with Gasteiger partial charge in [-0.15, -0.1) is 0 Å². The van der Waals surface area contributed by atoms with E-state index >= 15 is 0 Å². The summed E-state index contributed by atoms with van der Waals surface area (Å²) in [6.45, 7) is 0.385. The van der Waals surface area contributed by atoms with E-state index in [0.29, 0.717) is 19.4 Å². The van der Waals surface area contributed by atoms with Crippen LogP contribution < -0.4 is 0 Å². The molecule has 1 fully saturated rings. The Morgan fingerprint density at radius 2 is 1.81 bits per heavy atom. The van der Waals surface area contributed by atoms with Gasteiger partial charge in [0.15, 0.2) is 5.92 Å². The van der Waals surface area contributed by atoms with Crippen molar-refractivity contribution in [2.75, 3.05) is 0 Å². The molecule has 0 spiro atoms. The molecule has 1 saturated heterocycles. The van der Waals surface area contributed by atoms with Gasteiger partial charge in [-0.2, -0.15) is 0 Å². The number of aliphatic carboxylic acids is 2. The second-order valence-corrected chi connectivity index (χ2v) is 5.16. The van der Waals surface area contributed by atoms with Crippen LogP contribution in [0, 0.1) is 5.92 Å². The number of hydrogen-bond acceptors (Lipinski definition) is 3. The van der Waals surface area contributed by atoms with Crippen LogP contribution in [0.3, 0.4) is 0 Å². The molecule has 0 unspecified atom stereocenters. The molecule has 1 aromatic rings. The Labute approximate surface area is 122 Å². The zero-order valence-corrected chi connectivity index (χ0v) is 11.4. The molecule has 0 aromatic heterocycles. The fraction of sp³-hybridized carbons (Fsp3) is 0.400. The summed E-state index contributed by atoms with van der Waals surface area (Å²) in [4.78, 5) is 35.5. The van der Waals surface area contributed by atoms with Gasteiger partial charge in [-0.1, -0.05) is 30.3 Å². The molecule has 6 nitrogen and oxygen atoms in total. The van der Waals surface area contributed by atoms with Crippen molar-refractivity contribution < 1.29 is 24.6 Å². The van der Waals surface area contributed by atoms with Gasteiger partial charge in [0.25, 0.3) is 0 Å². The second-order valence-electron chi connectivity index (χ2n) is 5.16. The van der Waals surface area contributed by atoms with Gasteiger partial charge in [-0.05, 0) is 18.4 Å². The predicted octanol–water partition coefficient (Wildman–Crippen LogP) is 1.35. The molecule has 1 aromatic carbocycles. The lowest BCUT2D eigenvalue weighted by molar-refractivity contribution is -0.156. The molecule has 0 aliphatic carbocycles. The molecule has 2 rings (SSSR count). The third-order valence-electron chi connectivity index (χ3n) is 3.75. The van der Waals surface area contributed by atoms with Crippen LogP contribution in [0.4, 0.5) is 0 Å². The first-order valence-electron chi connectivity index (χ1n) is 6.78. The molecule has 112 valence electrons. The standard InChI is InChI=1S/C15H17NO5/c17-13-7-6-11(8-12(14(18)19)15(20)21)16(13)9-10-4-2-1-3-5-10/h1-5,11-12H,6-9H2,(H,18,19)(H,20,21)/t11-/m0/s1. The van der Waals surface area contributed by atoms with Crippen molar-refractivity contribution in [3.8, 4) is 0 Å². The Hall–Kier alpha value is -2.37. The van der Waals surface area contributed by atoms with Gasteiger partial charge >= 0.3 is 11.9 Å². The summed E-state index contributed by atoms with van der Waals surface area (Å²) in [6, 6.07) is 9.03. The van der Waals surface area contributed by atoms with Crippen molar-refractivity contribution in [1.82, 2.24) is 4.90 Å². The Kier molecular flexibility index (Phi) is 4.57. The molecule has 0 saturated carbocycles. The minimum atomic E-state index is -1.47. The van der Waals surface area contributed by atoms with Crippen molar-refractivity contribution in [2.24, 2.45) is 5.92 Å². The normalized spacial score (nSPS) is 18.2. The first-order valence-corrected chi connectivity index (χ1v) is 6.78. The molecule has 1 aliphatic heterocycles. The van der Waals surface area contributed by atoms with Crippen LogP contribution in [0.25, 0.3) is 0 Å². The molecule has 21 heavy (non-hydrogen) atoms. The number of carboxylic acids is 2. The largest absolute Gasteiger partial charge is 0.481 e. The Bertz CT molecular complexity index is 528. The van der Waals surface area contributed by atoms with Crippen LogP contribution in [-0.4, -0.2) is 39.0 Å². The van der Waals surface area contributed by atoms with Crippen molar-refractivity contribution in [3.63, 3.8) is 0 Å². The highest BCUT2D eigenvalue weighted by molar-refractivity contribution is 5.93. The maximum atomic E-state index is 11.9. The van der Waals surface area contributed by atoms with Gasteiger partial charge in [-0.25, -0.2) is 0 Å². The Balaban J connectivity index is 2.09. The second kappa shape index (κ2) is 6.39. The molecule has 0 bridgehead atoms. The summed E-state index contributed by atoms with van der Waals surface area (Å²) >= 11 is 0. The van der Waals surface area contributed by atoms with Crippen molar-refractivity contribution in [3.05, 3.63) is 35.9 Å². The molecular weight excluding hydrogens is 274 g/mol. The van der Waals surface area contributed by atoms with E-state index in [-0.39, 0.29) is 18.4 Å². The zero-order chi connectivity index (χ0) is 15.4. The number of hydrogen-bond donors (Lipinski definition) is 2. The first kappa shape index (κ1) is 15.0. The van der Waals surface area contributed by atoms with Gasteiger partial charge in [-0.3, -0.25) is 14.4 Å². The van der Waals surface area contributed by atoms with Crippen molar-refractivity contribution >= 4 is 17.8 Å². The lowest BCUT2D eigenvalue weighted by Crippen LogP contribution is -2.37. The summed E-state index contributed by atoms with van der Waals surface area (Å²) in [7, 11) is 0. The number of amides is 1. The van der Waals surface area contributed by atoms with Crippen LogP contribution in [0.2, 0.25) is 0 Å². The third-order valence-corrected chi connectivity index (χ3v) is 3.75. The highest BCUT2D eigenvalue weighted by Gasteiger charge is 2.37. The van der Waals surface area contributed by atoms with E-state index in [1.807, 2.05) is 30.3 Å². The predicted molar refractivity (Wildman–Crippen MR) is 73.4 cm³/mol. The maximum Gasteiger partial charge on any atom is 0.317 e. The van der Waals surface area contributed by atoms with E-state index in [0.717, 1.165) is 5.56 Å². The fourth-order valence-corrected chi connectivity index (χ4v) is 2.61. The van der Waals surface area contributed by atoms with Gasteiger partial charge in [0.2, 0.25) is 5.91 Å². The summed E-state index contributed by atoms with van der Waals surface area (Å²) < 4.78 is 0. The van der Waals surface area contributed by atoms with Crippen LogP contribution in [0.15, 0.2) is 30.3 Å². The summed E-state index contributed by atoms with van der Waals surface area (Å²) in [6.07, 6.45) is 0.787. The molecular formula is C15H17NO5. The molecule has 1 amide bonds. The van der Waals surface area contributed by atoms with Crippen molar-refractivity contribution in [1.29, 1.82) is 0 Å². The van der Waals surface area contributed by atoms with Crippen LogP contribution in [0.5, 0.6) is 0 Å². The molecule has 2 N–H and O–H groups in total.